The Bertz CT molecular complexity index is 1540. The molecule has 1 unspecified atom stereocenters. The number of alkyl halides is 3. The number of likely N-dealkylation sites (N-methyl/N-ethyl adjacent to an activating group) is 1. The van der Waals surface area contributed by atoms with E-state index in [1.54, 1.807) is 29.1 Å². The van der Waals surface area contributed by atoms with Crippen LogP contribution in [0.5, 0.6) is 5.75 Å². The number of likely N-dealkylation sites (tertiary alicyclic amines) is 1. The lowest BCUT2D eigenvalue weighted by atomic mass is 10.1. The van der Waals surface area contributed by atoms with Crippen LogP contribution in [0.1, 0.15) is 35.7 Å². The largest absolute Gasteiger partial charge is 0.497 e. The molecule has 3 N–H and O–H groups in total. The molecule has 2 aromatic heterocycles. The highest BCUT2D eigenvalue weighted by atomic mass is 19.4. The van der Waals surface area contributed by atoms with Gasteiger partial charge in [-0.2, -0.15) is 13.2 Å². The molecule has 42 heavy (non-hydrogen) atoms. The minimum Gasteiger partial charge on any atom is -0.497 e. The van der Waals surface area contributed by atoms with E-state index in [2.05, 4.69) is 42.7 Å². The molecule has 1 atom stereocenters. The van der Waals surface area contributed by atoms with Gasteiger partial charge in [0.1, 0.15) is 23.7 Å². The summed E-state index contributed by atoms with van der Waals surface area (Å²) >= 11 is 0. The molecular formula is C29H31F3N8O2. The minimum atomic E-state index is -4.53. The number of rotatable bonds is 10. The normalized spacial score (nSPS) is 15.4. The molecule has 1 fully saturated rings. The van der Waals surface area contributed by atoms with Crippen LogP contribution in [0.3, 0.4) is 0 Å². The van der Waals surface area contributed by atoms with Gasteiger partial charge in [0.2, 0.25) is 5.95 Å². The first-order valence-corrected chi connectivity index (χ1v) is 13.5. The van der Waals surface area contributed by atoms with Gasteiger partial charge in [0.15, 0.2) is 0 Å². The van der Waals surface area contributed by atoms with E-state index in [0.29, 0.717) is 35.1 Å². The number of halogens is 3. The molecule has 10 nitrogen and oxygen atoms in total. The van der Waals surface area contributed by atoms with Gasteiger partial charge in [0, 0.05) is 54.1 Å². The lowest BCUT2D eigenvalue weighted by Gasteiger charge is -2.23. The van der Waals surface area contributed by atoms with E-state index in [4.69, 9.17) is 4.74 Å². The number of imidazole rings is 1. The molecule has 0 aliphatic carbocycles. The predicted molar refractivity (Wildman–Crippen MR) is 154 cm³/mol. The van der Waals surface area contributed by atoms with Gasteiger partial charge >= 0.3 is 6.18 Å². The Morgan fingerprint density at radius 3 is 2.74 bits per heavy atom. The Morgan fingerprint density at radius 1 is 1.10 bits per heavy atom. The van der Waals surface area contributed by atoms with E-state index >= 15 is 0 Å². The van der Waals surface area contributed by atoms with Gasteiger partial charge < -0.3 is 20.7 Å². The van der Waals surface area contributed by atoms with Crippen LogP contribution in [0.2, 0.25) is 0 Å². The smallest absolute Gasteiger partial charge is 0.416 e. The van der Waals surface area contributed by atoms with Crippen molar-refractivity contribution in [3.8, 4) is 11.6 Å². The Morgan fingerprint density at radius 2 is 1.95 bits per heavy atom. The summed E-state index contributed by atoms with van der Waals surface area (Å²) in [6.07, 6.45) is 2.65. The van der Waals surface area contributed by atoms with Crippen molar-refractivity contribution in [3.05, 3.63) is 78.4 Å². The molecule has 1 saturated heterocycles. The number of benzene rings is 2. The molecule has 2 aromatic carbocycles. The zero-order valence-corrected chi connectivity index (χ0v) is 23.2. The van der Waals surface area contributed by atoms with Crippen molar-refractivity contribution in [2.75, 3.05) is 42.7 Å². The van der Waals surface area contributed by atoms with Crippen molar-refractivity contribution < 1.29 is 22.7 Å². The average Bonchev–Trinajstić information content (AvgIpc) is 3.65. The van der Waals surface area contributed by atoms with Crippen molar-refractivity contribution in [2.45, 2.75) is 32.0 Å². The summed E-state index contributed by atoms with van der Waals surface area (Å²) in [7, 11) is 1.45. The van der Waals surface area contributed by atoms with Gasteiger partial charge in [-0.15, -0.1) is 0 Å². The van der Waals surface area contributed by atoms with Crippen LogP contribution in [0, 0.1) is 0 Å². The van der Waals surface area contributed by atoms with Gasteiger partial charge in [-0.1, -0.05) is 13.0 Å². The molecule has 3 heterocycles. The number of nitrogens with one attached hydrogen (secondary N) is 3. The van der Waals surface area contributed by atoms with Gasteiger partial charge in [-0.3, -0.25) is 14.3 Å². The highest BCUT2D eigenvalue weighted by molar-refractivity contribution is 6.05. The molecule has 1 aliphatic rings. The summed E-state index contributed by atoms with van der Waals surface area (Å²) in [5.74, 6) is 1.46. The zero-order valence-electron chi connectivity index (χ0n) is 23.2. The van der Waals surface area contributed by atoms with Gasteiger partial charge in [-0.05, 0) is 56.3 Å². The first-order chi connectivity index (χ1) is 20.2. The Kier molecular flexibility index (Phi) is 8.57. The third-order valence-corrected chi connectivity index (χ3v) is 7.07. The monoisotopic (exact) mass is 580 g/mol. The number of ether oxygens (including phenoxy) is 1. The number of carbonyl (C=O) groups is 1. The first-order valence-electron chi connectivity index (χ1n) is 13.5. The fourth-order valence-corrected chi connectivity index (χ4v) is 4.95. The van der Waals surface area contributed by atoms with Crippen LogP contribution in [-0.4, -0.2) is 63.1 Å². The predicted octanol–water partition coefficient (Wildman–Crippen LogP) is 5.58. The second-order valence-corrected chi connectivity index (χ2v) is 9.80. The molecule has 220 valence electrons. The number of hydrogen-bond donors (Lipinski definition) is 3. The fourth-order valence-electron chi connectivity index (χ4n) is 4.95. The summed E-state index contributed by atoms with van der Waals surface area (Å²) in [5.41, 5.74) is -0.186. The minimum absolute atomic E-state index is 0.0196. The third kappa shape index (κ3) is 6.79. The number of nitrogens with zero attached hydrogens (tertiary/aromatic N) is 5. The number of methoxy groups -OCH3 is 1. The summed E-state index contributed by atoms with van der Waals surface area (Å²) in [6.45, 7) is 5.09. The zero-order chi connectivity index (χ0) is 29.7. The first kappa shape index (κ1) is 28.9. The lowest BCUT2D eigenvalue weighted by molar-refractivity contribution is -0.137. The lowest BCUT2D eigenvalue weighted by Crippen LogP contribution is -2.34. The number of aromatic nitrogens is 4. The van der Waals surface area contributed by atoms with Crippen LogP contribution in [0.4, 0.5) is 36.3 Å². The molecule has 5 rings (SSSR count). The van der Waals surface area contributed by atoms with Crippen molar-refractivity contribution in [2.24, 2.45) is 0 Å². The van der Waals surface area contributed by atoms with Crippen molar-refractivity contribution >= 4 is 29.0 Å². The maximum Gasteiger partial charge on any atom is 0.416 e. The van der Waals surface area contributed by atoms with E-state index < -0.39 is 17.6 Å². The highest BCUT2D eigenvalue weighted by Crippen LogP contribution is 2.31. The van der Waals surface area contributed by atoms with Crippen LogP contribution in [0.15, 0.2) is 67.3 Å². The standard InChI is InChI=1S/C29H31F3N8O2/c1-3-39-10-5-8-23(39)17-34-25-16-26(36-18-35-25)40-11-9-33-28(40)38-22-12-19(13-24(15-22)42-2)27(41)37-21-7-4-6-20(14-21)29(30,31)32/h4,6-7,9,11-16,18,23H,3,5,8,10,17H2,1-2H3,(H,33,38)(H,37,41)(H,34,35,36). The van der Waals surface area contributed by atoms with Crippen LogP contribution < -0.4 is 20.7 Å². The van der Waals surface area contributed by atoms with Crippen LogP contribution in [-0.2, 0) is 6.18 Å². The Hall–Kier alpha value is -4.65. The summed E-state index contributed by atoms with van der Waals surface area (Å²) in [5, 5.41) is 9.12. The van der Waals surface area contributed by atoms with E-state index in [9.17, 15) is 18.0 Å². The van der Waals surface area contributed by atoms with Gasteiger partial charge in [0.25, 0.3) is 5.91 Å². The van der Waals surface area contributed by atoms with E-state index in [1.807, 2.05) is 6.07 Å². The number of hydrogen-bond acceptors (Lipinski definition) is 8. The molecule has 4 aromatic rings. The molecule has 13 heteroatoms. The molecule has 0 radical (unpaired) electrons. The van der Waals surface area contributed by atoms with E-state index in [-0.39, 0.29) is 11.3 Å². The number of amides is 1. The van der Waals surface area contributed by atoms with Crippen molar-refractivity contribution in [1.82, 2.24) is 24.4 Å². The quantitative estimate of drug-likeness (QED) is 0.223. The summed E-state index contributed by atoms with van der Waals surface area (Å²) in [4.78, 5) is 28.6. The molecule has 0 bridgehead atoms. The Balaban J connectivity index is 1.32. The SMILES string of the molecule is CCN1CCCC1CNc1cc(-n2ccnc2Nc2cc(OC)cc(C(=O)Nc3cccc(C(F)(F)F)c3)c2)ncn1. The second-order valence-electron chi connectivity index (χ2n) is 9.80. The third-order valence-electron chi connectivity index (χ3n) is 7.07. The Labute approximate surface area is 241 Å². The van der Waals surface area contributed by atoms with E-state index in [1.165, 1.54) is 38.1 Å². The van der Waals surface area contributed by atoms with Gasteiger partial charge in [-0.25, -0.2) is 15.0 Å². The average molecular weight is 581 g/mol. The van der Waals surface area contributed by atoms with Crippen LogP contribution in [0.25, 0.3) is 5.82 Å². The maximum absolute atomic E-state index is 13.1. The second kappa shape index (κ2) is 12.5. The fraction of sp³-hybridized carbons (Fsp3) is 0.310. The van der Waals surface area contributed by atoms with E-state index in [0.717, 1.165) is 38.2 Å². The molecule has 0 saturated carbocycles. The molecule has 0 spiro atoms. The number of anilines is 4. The maximum atomic E-state index is 13.1. The van der Waals surface area contributed by atoms with Crippen molar-refractivity contribution in [3.63, 3.8) is 0 Å². The highest BCUT2D eigenvalue weighted by Gasteiger charge is 2.30. The van der Waals surface area contributed by atoms with Gasteiger partial charge in [0.05, 0.1) is 12.7 Å². The molecular weight excluding hydrogens is 549 g/mol. The summed E-state index contributed by atoms with van der Waals surface area (Å²) < 4.78 is 46.4. The number of carbonyl (C=O) groups excluding carboxylic acids is 1. The summed E-state index contributed by atoms with van der Waals surface area (Å²) in [6, 6.07) is 11.5. The molecule has 1 amide bonds. The van der Waals surface area contributed by atoms with Crippen LogP contribution >= 0.6 is 0 Å². The van der Waals surface area contributed by atoms with Crippen molar-refractivity contribution in [1.29, 1.82) is 0 Å². The molecule has 1 aliphatic heterocycles. The topological polar surface area (TPSA) is 109 Å².